The molecule has 0 aliphatic rings. The van der Waals surface area contributed by atoms with E-state index < -0.39 is 6.10 Å². The zero-order valence-corrected chi connectivity index (χ0v) is 50.2. The first-order chi connectivity index (χ1) is 38.0. The lowest BCUT2D eigenvalue weighted by Crippen LogP contribution is -2.30. The Bertz CT molecular complexity index is 1600. The highest BCUT2D eigenvalue weighted by atomic mass is 16.6. The number of hydrogen-bond acceptors (Lipinski definition) is 6. The van der Waals surface area contributed by atoms with Crippen LogP contribution < -0.4 is 0 Å². The van der Waals surface area contributed by atoms with Gasteiger partial charge in [0.25, 0.3) is 0 Å². The van der Waals surface area contributed by atoms with Crippen LogP contribution in [0.2, 0.25) is 0 Å². The number of ether oxygens (including phenoxy) is 3. The molecule has 438 valence electrons. The van der Waals surface area contributed by atoms with Crippen molar-refractivity contribution < 1.29 is 28.6 Å². The summed E-state index contributed by atoms with van der Waals surface area (Å²) in [4.78, 5) is 38.3. The fourth-order valence-electron chi connectivity index (χ4n) is 8.73. The number of unbranched alkanes of at least 4 members (excludes halogenated alkanes) is 26. The van der Waals surface area contributed by atoms with Gasteiger partial charge in [0.1, 0.15) is 13.2 Å². The average molecular weight is 1070 g/mol. The molecule has 0 radical (unpaired) electrons. The number of esters is 3. The first kappa shape index (κ1) is 72.8. The highest BCUT2D eigenvalue weighted by molar-refractivity contribution is 5.71. The molecule has 0 fully saturated rings. The lowest BCUT2D eigenvalue weighted by atomic mass is 10.0. The number of allylic oxidation sites excluding steroid dienone is 20. The molecule has 1 unspecified atom stereocenters. The summed E-state index contributed by atoms with van der Waals surface area (Å²) in [5, 5.41) is 0. The van der Waals surface area contributed by atoms with Gasteiger partial charge in [0, 0.05) is 19.3 Å². The second kappa shape index (κ2) is 64.3. The van der Waals surface area contributed by atoms with E-state index in [1.165, 1.54) is 103 Å². The molecule has 0 aromatic rings. The third kappa shape index (κ3) is 62.5. The zero-order valence-electron chi connectivity index (χ0n) is 50.2. The van der Waals surface area contributed by atoms with Crippen LogP contribution in [0.25, 0.3) is 0 Å². The monoisotopic (exact) mass is 1070 g/mol. The van der Waals surface area contributed by atoms with E-state index in [1.54, 1.807) is 0 Å². The predicted octanol–water partition coefficient (Wildman–Crippen LogP) is 22.0. The Labute approximate surface area is 475 Å². The lowest BCUT2D eigenvalue weighted by molar-refractivity contribution is -0.167. The molecule has 1 atom stereocenters. The Balaban J connectivity index is 4.45. The topological polar surface area (TPSA) is 78.9 Å². The highest BCUT2D eigenvalue weighted by Gasteiger charge is 2.19. The molecular formula is C71H118O6. The van der Waals surface area contributed by atoms with Crippen LogP contribution in [-0.2, 0) is 28.6 Å². The minimum atomic E-state index is -0.802. The number of carbonyl (C=O) groups is 3. The van der Waals surface area contributed by atoms with E-state index in [9.17, 15) is 14.4 Å². The number of rotatable bonds is 57. The van der Waals surface area contributed by atoms with Gasteiger partial charge in [0.2, 0.25) is 0 Å². The minimum absolute atomic E-state index is 0.0983. The molecule has 0 saturated heterocycles. The van der Waals surface area contributed by atoms with E-state index in [4.69, 9.17) is 14.2 Å². The molecule has 77 heavy (non-hydrogen) atoms. The normalized spacial score (nSPS) is 12.9. The van der Waals surface area contributed by atoms with E-state index in [1.807, 2.05) is 0 Å². The van der Waals surface area contributed by atoms with Crippen molar-refractivity contribution >= 4 is 17.9 Å². The van der Waals surface area contributed by atoms with Crippen LogP contribution in [0.1, 0.15) is 290 Å². The van der Waals surface area contributed by atoms with Gasteiger partial charge in [-0.25, -0.2) is 0 Å². The van der Waals surface area contributed by atoms with Crippen molar-refractivity contribution in [3.63, 3.8) is 0 Å². The van der Waals surface area contributed by atoms with E-state index in [2.05, 4.69) is 142 Å². The largest absolute Gasteiger partial charge is 0.462 e. The SMILES string of the molecule is CC/C=C\C/C=C\C/C=C\C/C=C\C/C=C\C/C=C\C/C=C\CCCCCC(=O)OCC(COC(=O)CCCCCCC/C=C\C/C=C\C/C=C\CC)OC(=O)CCCCCCCCCCCCCCCCCCCCC. The lowest BCUT2D eigenvalue weighted by Gasteiger charge is -2.18. The first-order valence-corrected chi connectivity index (χ1v) is 32.0. The molecule has 0 aliphatic heterocycles. The standard InChI is InChI=1S/C71H118O6/c1-4-7-10-13-16-19-22-25-28-30-32-33-34-35-36-37-39-40-43-46-49-52-55-58-61-64-70(73)76-67-68(66-75-69(72)63-60-57-54-51-48-45-42-27-24-21-18-15-12-9-6-3)77-71(74)65-62-59-56-53-50-47-44-41-38-31-29-26-23-20-17-14-11-8-5-2/h7,9-10,12,16,18-19,21,25,27-28,32-33,35-36,39-40,42,46,49,68H,4-6,8,11,13-15,17,20,22-24,26,29-31,34,37-38,41,43-45,47-48,50-67H2,1-3H3/b10-7-,12-9-,19-16-,21-18-,28-25-,33-32-,36-35-,40-39-,42-27-,49-46-. The Morgan fingerprint density at radius 3 is 0.805 bits per heavy atom. The van der Waals surface area contributed by atoms with Gasteiger partial charge in [-0.3, -0.25) is 14.4 Å². The Morgan fingerprint density at radius 2 is 0.506 bits per heavy atom. The summed E-state index contributed by atoms with van der Waals surface area (Å²) in [6.45, 7) is 6.40. The van der Waals surface area contributed by atoms with Gasteiger partial charge in [0.15, 0.2) is 6.10 Å². The summed E-state index contributed by atoms with van der Waals surface area (Å²) in [5.41, 5.74) is 0. The van der Waals surface area contributed by atoms with E-state index in [0.717, 1.165) is 148 Å². The molecule has 0 amide bonds. The zero-order chi connectivity index (χ0) is 55.7. The second-order valence-electron chi connectivity index (χ2n) is 20.9. The first-order valence-electron chi connectivity index (χ1n) is 32.0. The molecule has 0 aromatic carbocycles. The van der Waals surface area contributed by atoms with E-state index in [0.29, 0.717) is 19.3 Å². The maximum Gasteiger partial charge on any atom is 0.306 e. The van der Waals surface area contributed by atoms with E-state index in [-0.39, 0.29) is 31.1 Å². The van der Waals surface area contributed by atoms with Crippen molar-refractivity contribution in [2.45, 2.75) is 297 Å². The molecule has 0 aliphatic carbocycles. The average Bonchev–Trinajstić information content (AvgIpc) is 3.43. The molecule has 6 heteroatoms. The quantitative estimate of drug-likeness (QED) is 0.0261. The van der Waals surface area contributed by atoms with Crippen LogP contribution in [0.15, 0.2) is 122 Å². The smallest absolute Gasteiger partial charge is 0.306 e. The van der Waals surface area contributed by atoms with Gasteiger partial charge in [-0.2, -0.15) is 0 Å². The summed E-state index contributed by atoms with van der Waals surface area (Å²) in [6.07, 6.45) is 89.2. The summed E-state index contributed by atoms with van der Waals surface area (Å²) in [7, 11) is 0. The van der Waals surface area contributed by atoms with Crippen molar-refractivity contribution in [2.75, 3.05) is 13.2 Å². The molecule has 0 aromatic heterocycles. The molecule has 0 spiro atoms. The Morgan fingerprint density at radius 1 is 0.273 bits per heavy atom. The molecule has 6 nitrogen and oxygen atoms in total. The predicted molar refractivity (Wildman–Crippen MR) is 334 cm³/mol. The van der Waals surface area contributed by atoms with Crippen molar-refractivity contribution in [3.05, 3.63) is 122 Å². The van der Waals surface area contributed by atoms with Gasteiger partial charge in [-0.1, -0.05) is 284 Å². The van der Waals surface area contributed by atoms with Gasteiger partial charge < -0.3 is 14.2 Å². The van der Waals surface area contributed by atoms with Crippen molar-refractivity contribution in [2.24, 2.45) is 0 Å². The van der Waals surface area contributed by atoms with E-state index >= 15 is 0 Å². The van der Waals surface area contributed by atoms with Crippen LogP contribution in [0, 0.1) is 0 Å². The Kier molecular flexibility index (Phi) is 60.8. The maximum atomic E-state index is 12.9. The van der Waals surface area contributed by atoms with Crippen LogP contribution in [0.3, 0.4) is 0 Å². The summed E-state index contributed by atoms with van der Waals surface area (Å²) in [5.74, 6) is -0.940. The summed E-state index contributed by atoms with van der Waals surface area (Å²) in [6, 6.07) is 0. The van der Waals surface area contributed by atoms with Gasteiger partial charge in [-0.15, -0.1) is 0 Å². The van der Waals surface area contributed by atoms with Crippen LogP contribution in [0.4, 0.5) is 0 Å². The van der Waals surface area contributed by atoms with Crippen LogP contribution in [-0.4, -0.2) is 37.2 Å². The Hall–Kier alpha value is -4.19. The molecule has 0 bridgehead atoms. The van der Waals surface area contributed by atoms with Crippen molar-refractivity contribution in [1.82, 2.24) is 0 Å². The second-order valence-corrected chi connectivity index (χ2v) is 20.9. The van der Waals surface area contributed by atoms with Crippen LogP contribution in [0.5, 0.6) is 0 Å². The summed E-state index contributed by atoms with van der Waals surface area (Å²) < 4.78 is 16.9. The minimum Gasteiger partial charge on any atom is -0.462 e. The number of carbonyl (C=O) groups excluding carboxylic acids is 3. The van der Waals surface area contributed by atoms with Crippen molar-refractivity contribution in [3.8, 4) is 0 Å². The molecule has 0 N–H and O–H groups in total. The van der Waals surface area contributed by atoms with Gasteiger partial charge in [0.05, 0.1) is 0 Å². The fraction of sp³-hybridized carbons (Fsp3) is 0.676. The molecule has 0 rings (SSSR count). The third-order valence-corrected chi connectivity index (χ3v) is 13.5. The van der Waals surface area contributed by atoms with Crippen molar-refractivity contribution in [1.29, 1.82) is 0 Å². The molecule has 0 saturated carbocycles. The fourth-order valence-corrected chi connectivity index (χ4v) is 8.73. The maximum absolute atomic E-state index is 12.9. The molecular weight excluding hydrogens is 949 g/mol. The third-order valence-electron chi connectivity index (χ3n) is 13.5. The summed E-state index contributed by atoms with van der Waals surface area (Å²) >= 11 is 0. The van der Waals surface area contributed by atoms with Crippen LogP contribution >= 0.6 is 0 Å². The van der Waals surface area contributed by atoms with Gasteiger partial charge in [-0.05, 0) is 109 Å². The van der Waals surface area contributed by atoms with Gasteiger partial charge >= 0.3 is 17.9 Å². The molecule has 0 heterocycles. The highest BCUT2D eigenvalue weighted by Crippen LogP contribution is 2.16. The number of hydrogen-bond donors (Lipinski definition) is 0.